The number of amides is 2. The van der Waals surface area contributed by atoms with Crippen LogP contribution in [0.25, 0.3) is 32.4 Å². The number of rotatable bonds is 12. The molecule has 2 atom stereocenters. The zero-order valence-corrected chi connectivity index (χ0v) is 38.0. The lowest BCUT2D eigenvalue weighted by molar-refractivity contribution is -0.121. The molecule has 4 heterocycles. The van der Waals surface area contributed by atoms with E-state index >= 15 is 8.78 Å². The van der Waals surface area contributed by atoms with E-state index in [1.165, 1.54) is 16.0 Å². The van der Waals surface area contributed by atoms with Gasteiger partial charge in [-0.25, -0.2) is 27.0 Å². The predicted molar refractivity (Wildman–Crippen MR) is 234 cm³/mol. The Morgan fingerprint density at radius 1 is 1.02 bits per heavy atom. The Morgan fingerprint density at radius 2 is 1.68 bits per heavy atom. The molecule has 0 unspecified atom stereocenters. The summed E-state index contributed by atoms with van der Waals surface area (Å²) in [7, 11) is -2.25. The number of piperazine rings is 1. The third-order valence-electron chi connectivity index (χ3n) is 10.7. The summed E-state index contributed by atoms with van der Waals surface area (Å²) in [5.74, 6) is -8.17. The van der Waals surface area contributed by atoms with E-state index in [0.29, 0.717) is 64.1 Å². The van der Waals surface area contributed by atoms with Gasteiger partial charge in [-0.2, -0.15) is 32.0 Å². The van der Waals surface area contributed by atoms with Crippen molar-refractivity contribution in [3.8, 4) is 11.1 Å². The summed E-state index contributed by atoms with van der Waals surface area (Å²) in [6.45, 7) is 6.78. The molecule has 0 spiro atoms. The molecule has 2 aromatic carbocycles. The van der Waals surface area contributed by atoms with Gasteiger partial charge in [0.2, 0.25) is 15.9 Å². The number of para-hydroxylation sites is 1. The first-order valence-electron chi connectivity index (χ1n) is 20.4. The predicted octanol–water partition coefficient (Wildman–Crippen LogP) is 7.45. The van der Waals surface area contributed by atoms with Crippen LogP contribution in [0, 0.1) is 23.0 Å². The molecule has 0 saturated carbocycles. The van der Waals surface area contributed by atoms with Crippen LogP contribution >= 0.6 is 11.3 Å². The van der Waals surface area contributed by atoms with Crippen LogP contribution in [-0.2, 0) is 33.0 Å². The first kappa shape index (κ1) is 47.9. The van der Waals surface area contributed by atoms with Crippen molar-refractivity contribution in [1.29, 1.82) is 5.41 Å². The highest BCUT2D eigenvalue weighted by Gasteiger charge is 2.51. The molecule has 2 amide bonds. The maximum Gasteiger partial charge on any atom is 0.433 e. The van der Waals surface area contributed by atoms with Gasteiger partial charge in [-0.1, -0.05) is 30.4 Å². The smallest absolute Gasteiger partial charge is 0.433 e. The van der Waals surface area contributed by atoms with Gasteiger partial charge in [0.1, 0.15) is 22.9 Å². The van der Waals surface area contributed by atoms with Crippen LogP contribution in [0.5, 0.6) is 0 Å². The number of allylic oxidation sites excluding steroid dienone is 2. The van der Waals surface area contributed by atoms with Crippen LogP contribution in [0.3, 0.4) is 0 Å². The van der Waals surface area contributed by atoms with E-state index in [1.54, 1.807) is 57.0 Å². The largest absolute Gasteiger partial charge is 0.444 e. The average molecular weight is 967 g/mol. The van der Waals surface area contributed by atoms with Crippen LogP contribution < -0.4 is 20.3 Å². The Bertz CT molecular complexity index is 2870. The van der Waals surface area contributed by atoms with Crippen molar-refractivity contribution in [1.82, 2.24) is 35.3 Å². The van der Waals surface area contributed by atoms with Gasteiger partial charge >= 0.3 is 12.3 Å². The molecule has 0 radical (unpaired) electrons. The molecule has 3 aromatic heterocycles. The van der Waals surface area contributed by atoms with Gasteiger partial charge in [-0.05, 0) is 62.9 Å². The Hall–Kier alpha value is -6.04. The number of nitrogens with one attached hydrogen (secondary N) is 4. The Balaban J connectivity index is 1.33. The maximum absolute atomic E-state index is 15.2. The Morgan fingerprint density at radius 3 is 2.30 bits per heavy atom. The quantitative estimate of drug-likeness (QED) is 0.0723. The number of carbonyl (C=O) groups excluding carboxylic acids is 2. The highest BCUT2D eigenvalue weighted by molar-refractivity contribution is 7.92. The van der Waals surface area contributed by atoms with Gasteiger partial charge in [-0.3, -0.25) is 19.6 Å². The number of sulfonamides is 1. The molecule has 24 heteroatoms. The molecule has 1 saturated heterocycles. The zero-order chi connectivity index (χ0) is 48.3. The molecule has 0 bridgehead atoms. The number of carbonyl (C=O) groups is 2. The molecule has 1 fully saturated rings. The summed E-state index contributed by atoms with van der Waals surface area (Å²) >= 11 is 1.26. The lowest BCUT2D eigenvalue weighted by atomic mass is 9.94. The zero-order valence-electron chi connectivity index (χ0n) is 36.3. The highest BCUT2D eigenvalue weighted by Crippen LogP contribution is 2.45. The van der Waals surface area contributed by atoms with Gasteiger partial charge in [-0.15, -0.1) is 0 Å². The van der Waals surface area contributed by atoms with Gasteiger partial charge in [0.05, 0.1) is 40.4 Å². The van der Waals surface area contributed by atoms with E-state index in [4.69, 9.17) is 20.1 Å². The first-order valence-corrected chi connectivity index (χ1v) is 23.1. The minimum Gasteiger partial charge on any atom is -0.444 e. The fourth-order valence-corrected chi connectivity index (χ4v) is 9.57. The number of anilines is 2. The van der Waals surface area contributed by atoms with Gasteiger partial charge in [0, 0.05) is 67.8 Å². The van der Waals surface area contributed by atoms with E-state index in [0.717, 1.165) is 25.3 Å². The van der Waals surface area contributed by atoms with Gasteiger partial charge < -0.3 is 25.2 Å². The SMILES string of the molecule is C[C@H]1CC(F)(F)C(NCC(=O)N[C@@H](Cc2cc(F)cc(F)c2)c2nc3nc(N4CCN(C(=O)OC(C)(C)C)CC4)sc3cc2-c2cccc3c(NS(C)(=O)=O)nn(C)c23)=C1C(=N)C(F)(F)F. The van der Waals surface area contributed by atoms with Crippen molar-refractivity contribution in [2.45, 2.75) is 64.3 Å². The second kappa shape index (κ2) is 17.6. The number of aromatic nitrogens is 4. The first-order chi connectivity index (χ1) is 30.7. The number of halogens is 7. The van der Waals surface area contributed by atoms with Crippen LogP contribution in [0.4, 0.5) is 46.5 Å². The van der Waals surface area contributed by atoms with Crippen molar-refractivity contribution in [3.05, 3.63) is 76.6 Å². The topological polar surface area (TPSA) is 188 Å². The molecule has 7 rings (SSSR count). The minimum atomic E-state index is -5.26. The second-order valence-electron chi connectivity index (χ2n) is 17.2. The fourth-order valence-electron chi connectivity index (χ4n) is 8.07. The van der Waals surface area contributed by atoms with Crippen molar-refractivity contribution in [2.24, 2.45) is 13.0 Å². The molecular formula is C42H45F7N10O5S2. The van der Waals surface area contributed by atoms with Crippen molar-refractivity contribution < 1.29 is 53.5 Å². The number of nitrogens with zero attached hydrogens (tertiary/aromatic N) is 6. The summed E-state index contributed by atoms with van der Waals surface area (Å²) in [4.78, 5) is 40.0. The molecule has 15 nitrogen and oxygen atoms in total. The number of fused-ring (bicyclic) bond motifs is 2. The molecule has 5 aromatic rings. The number of aryl methyl sites for hydroxylation is 1. The molecule has 1 aliphatic carbocycles. The molecule has 1 aliphatic heterocycles. The highest BCUT2D eigenvalue weighted by atomic mass is 32.2. The number of hydrogen-bond acceptors (Lipinski definition) is 12. The number of pyridine rings is 1. The summed E-state index contributed by atoms with van der Waals surface area (Å²) in [5.41, 5.74) is -3.54. The third-order valence-corrected chi connectivity index (χ3v) is 12.4. The van der Waals surface area contributed by atoms with Crippen molar-refractivity contribution in [3.63, 3.8) is 0 Å². The van der Waals surface area contributed by atoms with Crippen LogP contribution in [0.2, 0.25) is 0 Å². The molecule has 66 heavy (non-hydrogen) atoms. The van der Waals surface area contributed by atoms with Gasteiger partial charge in [0.15, 0.2) is 16.6 Å². The summed E-state index contributed by atoms with van der Waals surface area (Å²) in [5, 5.41) is 17.8. The van der Waals surface area contributed by atoms with E-state index < -0.39 is 93.3 Å². The maximum atomic E-state index is 15.2. The number of thiazole rings is 1. The lowest BCUT2D eigenvalue weighted by Crippen LogP contribution is -2.50. The van der Waals surface area contributed by atoms with Crippen LogP contribution in [-0.4, -0.2) is 107 Å². The standard InChI is InChI=1S/C42H45F7N10O5S2/c1-21-19-41(45,46)35(31(21)34(50)42(47,48)49)51-20-30(60)52-28(16-22-14-23(43)17-24(44)15-22)32-27(25-8-7-9-26-33(25)57(5)55-36(26)56-66(6,62)63)18-29-37(53-32)54-38(65-29)58-10-12-59(13-11-58)39(61)64-40(2,3)4/h7-9,14-15,17-18,21,28,50-51H,10-13,16,19-20H2,1-6H3,(H,52,60)(H,55,56)/t21-,28-/m0/s1. The summed E-state index contributed by atoms with van der Waals surface area (Å²) in [6, 6.07) is 7.95. The van der Waals surface area contributed by atoms with E-state index in [9.17, 15) is 40.0 Å². The van der Waals surface area contributed by atoms with Gasteiger partial charge in [0.25, 0.3) is 5.92 Å². The lowest BCUT2D eigenvalue weighted by Gasteiger charge is -2.35. The van der Waals surface area contributed by atoms with Crippen LogP contribution in [0.15, 0.2) is 53.7 Å². The summed E-state index contributed by atoms with van der Waals surface area (Å²) in [6.07, 6.45) is -6.17. The fraction of sp³-hybridized carbons (Fsp3) is 0.429. The average Bonchev–Trinajstić information content (AvgIpc) is 3.82. The summed E-state index contributed by atoms with van der Waals surface area (Å²) < 4.78 is 135. The van der Waals surface area contributed by atoms with E-state index in [-0.39, 0.29) is 29.1 Å². The Kier molecular flexibility index (Phi) is 12.8. The number of benzene rings is 2. The normalized spacial score (nSPS) is 17.4. The molecule has 4 N–H and O–H groups in total. The second-order valence-corrected chi connectivity index (χ2v) is 19.9. The van der Waals surface area contributed by atoms with E-state index in [1.807, 2.05) is 4.90 Å². The monoisotopic (exact) mass is 966 g/mol. The Labute approximate surface area is 377 Å². The van der Waals surface area contributed by atoms with Crippen molar-refractivity contribution >= 4 is 71.3 Å². The van der Waals surface area contributed by atoms with Crippen LogP contribution in [0.1, 0.15) is 51.4 Å². The number of hydrogen-bond donors (Lipinski definition) is 4. The third kappa shape index (κ3) is 10.5. The molecular weight excluding hydrogens is 922 g/mol. The number of ether oxygens (including phenoxy) is 1. The number of alkyl halides is 5. The minimum absolute atomic E-state index is 0.00508. The molecule has 2 aliphatic rings. The van der Waals surface area contributed by atoms with Crippen molar-refractivity contribution in [2.75, 3.05) is 48.6 Å². The molecule has 354 valence electrons. The van der Waals surface area contributed by atoms with E-state index in [2.05, 4.69) is 20.5 Å².